The summed E-state index contributed by atoms with van der Waals surface area (Å²) >= 11 is 1.46. The van der Waals surface area contributed by atoms with Crippen molar-refractivity contribution in [1.82, 2.24) is 9.97 Å². The number of nitrogens with zero attached hydrogens (tertiary/aromatic N) is 1. The molecule has 1 aliphatic rings. The lowest BCUT2D eigenvalue weighted by Gasteiger charge is -2.02. The molecule has 0 bridgehead atoms. The lowest BCUT2D eigenvalue weighted by molar-refractivity contribution is -0.118. The molecule has 1 amide bonds. The van der Waals surface area contributed by atoms with Crippen LogP contribution in [0.3, 0.4) is 0 Å². The average molecular weight is 315 g/mol. The number of thiazole rings is 1. The topological polar surface area (TPSA) is 57.8 Å². The van der Waals surface area contributed by atoms with Crippen LogP contribution < -0.4 is 5.32 Å². The highest BCUT2D eigenvalue weighted by Crippen LogP contribution is 2.59. The van der Waals surface area contributed by atoms with Crippen LogP contribution >= 0.6 is 11.3 Å². The van der Waals surface area contributed by atoms with Crippen LogP contribution in [0.2, 0.25) is 0 Å². The second-order valence-electron chi connectivity index (χ2n) is 6.68. The summed E-state index contributed by atoms with van der Waals surface area (Å²) in [6.07, 6.45) is 4.07. The largest absolute Gasteiger partial charge is 0.360 e. The number of allylic oxidation sites excluding steroid dienone is 2. The van der Waals surface area contributed by atoms with E-state index in [1.165, 1.54) is 16.9 Å². The van der Waals surface area contributed by atoms with Crippen molar-refractivity contribution in [2.45, 2.75) is 27.7 Å². The van der Waals surface area contributed by atoms with E-state index in [4.69, 9.17) is 0 Å². The summed E-state index contributed by atoms with van der Waals surface area (Å²) in [5, 5.41) is 5.58. The van der Waals surface area contributed by atoms with E-state index in [0.717, 1.165) is 11.4 Å². The maximum absolute atomic E-state index is 12.5. The number of aromatic nitrogens is 2. The summed E-state index contributed by atoms with van der Waals surface area (Å²) < 4.78 is 0. The fourth-order valence-electron chi connectivity index (χ4n) is 2.98. The molecule has 2 aromatic heterocycles. The van der Waals surface area contributed by atoms with Crippen LogP contribution in [0.15, 0.2) is 35.4 Å². The van der Waals surface area contributed by atoms with Crippen LogP contribution in [0.25, 0.3) is 11.4 Å². The first-order valence-corrected chi connectivity index (χ1v) is 8.32. The Morgan fingerprint density at radius 1 is 1.45 bits per heavy atom. The van der Waals surface area contributed by atoms with Gasteiger partial charge in [-0.25, -0.2) is 4.98 Å². The van der Waals surface area contributed by atoms with E-state index < -0.39 is 0 Å². The molecule has 1 aliphatic carbocycles. The minimum atomic E-state index is 0.0280. The first-order chi connectivity index (χ1) is 10.4. The molecule has 0 aliphatic heterocycles. The van der Waals surface area contributed by atoms with Crippen molar-refractivity contribution in [1.29, 1.82) is 0 Å². The van der Waals surface area contributed by atoms with Crippen LogP contribution in [0.1, 0.15) is 27.7 Å². The number of carbonyl (C=O) groups is 1. The van der Waals surface area contributed by atoms with Gasteiger partial charge in [0, 0.05) is 11.6 Å². The number of aromatic amines is 1. The second kappa shape index (κ2) is 5.39. The van der Waals surface area contributed by atoms with Crippen LogP contribution in [0, 0.1) is 17.3 Å². The van der Waals surface area contributed by atoms with Crippen LogP contribution in [0.4, 0.5) is 5.13 Å². The van der Waals surface area contributed by atoms with Gasteiger partial charge in [-0.05, 0) is 37.3 Å². The number of amides is 1. The van der Waals surface area contributed by atoms with Crippen molar-refractivity contribution < 1.29 is 4.79 Å². The van der Waals surface area contributed by atoms with Gasteiger partial charge in [0.05, 0.1) is 17.3 Å². The molecule has 3 rings (SSSR count). The molecule has 0 saturated heterocycles. The molecular weight excluding hydrogens is 294 g/mol. The molecule has 0 unspecified atom stereocenters. The lowest BCUT2D eigenvalue weighted by atomic mass is 10.1. The average Bonchev–Trinajstić information content (AvgIpc) is 2.90. The third-order valence-corrected chi connectivity index (χ3v) is 5.07. The van der Waals surface area contributed by atoms with Gasteiger partial charge in [-0.2, -0.15) is 0 Å². The Labute approximate surface area is 134 Å². The van der Waals surface area contributed by atoms with E-state index in [-0.39, 0.29) is 17.2 Å². The standard InChI is InChI=1S/C17H21N3OS/c1-10(2)8-11-14(17(11,3)4)15(21)20-16-19-13(9-22-16)12-6-5-7-18-12/h5-9,11,14,18H,1-4H3,(H,19,20,21)/t11-,14-/m0/s1. The third kappa shape index (κ3) is 2.73. The highest BCUT2D eigenvalue weighted by Gasteiger charge is 2.60. The van der Waals surface area contributed by atoms with Crippen molar-refractivity contribution in [3.8, 4) is 11.4 Å². The summed E-state index contributed by atoms with van der Waals surface area (Å²) in [6, 6.07) is 3.90. The Hall–Kier alpha value is -1.88. The SMILES string of the molecule is CC(C)=C[C@H]1[C@@H](C(=O)Nc2nc(-c3ccc[nH]3)cs2)C1(C)C. The van der Waals surface area contributed by atoms with Gasteiger partial charge < -0.3 is 10.3 Å². The summed E-state index contributed by atoms with van der Waals surface area (Å²) in [6.45, 7) is 8.45. The summed E-state index contributed by atoms with van der Waals surface area (Å²) in [5.74, 6) is 0.417. The molecule has 2 atom stereocenters. The van der Waals surface area contributed by atoms with Gasteiger partial charge in [0.1, 0.15) is 0 Å². The van der Waals surface area contributed by atoms with Crippen LogP contribution in [0.5, 0.6) is 0 Å². The summed E-state index contributed by atoms with van der Waals surface area (Å²) in [4.78, 5) is 20.1. The Kier molecular flexibility index (Phi) is 3.68. The second-order valence-corrected chi connectivity index (χ2v) is 7.54. The molecule has 0 radical (unpaired) electrons. The van der Waals surface area contributed by atoms with Gasteiger partial charge in [0.15, 0.2) is 5.13 Å². The molecular formula is C17H21N3OS. The van der Waals surface area contributed by atoms with Gasteiger partial charge in [-0.15, -0.1) is 11.3 Å². The van der Waals surface area contributed by atoms with E-state index >= 15 is 0 Å². The van der Waals surface area contributed by atoms with Crippen molar-refractivity contribution in [2.24, 2.45) is 17.3 Å². The maximum Gasteiger partial charge on any atom is 0.230 e. The number of carbonyl (C=O) groups excluding carboxylic acids is 1. The van der Waals surface area contributed by atoms with Crippen molar-refractivity contribution >= 4 is 22.4 Å². The Morgan fingerprint density at radius 3 is 2.86 bits per heavy atom. The van der Waals surface area contributed by atoms with Gasteiger partial charge in [0.2, 0.25) is 5.91 Å². The number of anilines is 1. The van der Waals surface area contributed by atoms with E-state index in [2.05, 4.69) is 49.1 Å². The predicted molar refractivity (Wildman–Crippen MR) is 90.7 cm³/mol. The number of hydrogen-bond acceptors (Lipinski definition) is 3. The zero-order valence-electron chi connectivity index (χ0n) is 13.3. The molecule has 4 nitrogen and oxygen atoms in total. The number of nitrogens with one attached hydrogen (secondary N) is 2. The Balaban J connectivity index is 1.69. The number of H-pyrrole nitrogens is 1. The fraction of sp³-hybridized carbons (Fsp3) is 0.412. The predicted octanol–water partition coefficient (Wildman–Crippen LogP) is 4.32. The number of hydrogen-bond donors (Lipinski definition) is 2. The summed E-state index contributed by atoms with van der Waals surface area (Å²) in [7, 11) is 0. The fourth-order valence-corrected chi connectivity index (χ4v) is 3.69. The zero-order chi connectivity index (χ0) is 15.9. The van der Waals surface area contributed by atoms with E-state index in [1.54, 1.807) is 0 Å². The molecule has 1 fully saturated rings. The summed E-state index contributed by atoms with van der Waals surface area (Å²) in [5.41, 5.74) is 3.12. The molecule has 0 spiro atoms. The number of rotatable bonds is 4. The highest BCUT2D eigenvalue weighted by molar-refractivity contribution is 7.14. The molecule has 5 heteroatoms. The minimum Gasteiger partial charge on any atom is -0.360 e. The quantitative estimate of drug-likeness (QED) is 0.826. The monoisotopic (exact) mass is 315 g/mol. The van der Waals surface area contributed by atoms with E-state index in [9.17, 15) is 4.79 Å². The molecule has 2 heterocycles. The Bertz CT molecular complexity index is 708. The normalized spacial score (nSPS) is 22.2. The first kappa shape index (κ1) is 15.0. The van der Waals surface area contributed by atoms with Crippen LogP contribution in [-0.2, 0) is 4.79 Å². The third-order valence-electron chi connectivity index (χ3n) is 4.31. The first-order valence-electron chi connectivity index (χ1n) is 7.45. The van der Waals surface area contributed by atoms with Gasteiger partial charge in [-0.3, -0.25) is 4.79 Å². The van der Waals surface area contributed by atoms with Gasteiger partial charge in [-0.1, -0.05) is 25.5 Å². The minimum absolute atomic E-state index is 0.0280. The van der Waals surface area contributed by atoms with Crippen molar-refractivity contribution in [2.75, 3.05) is 5.32 Å². The van der Waals surface area contributed by atoms with E-state index in [0.29, 0.717) is 11.0 Å². The van der Waals surface area contributed by atoms with Crippen molar-refractivity contribution in [3.05, 3.63) is 35.4 Å². The van der Waals surface area contributed by atoms with E-state index in [1.807, 2.05) is 23.7 Å². The highest BCUT2D eigenvalue weighted by atomic mass is 32.1. The molecule has 1 saturated carbocycles. The Morgan fingerprint density at radius 2 is 2.23 bits per heavy atom. The molecule has 22 heavy (non-hydrogen) atoms. The molecule has 0 aromatic carbocycles. The zero-order valence-corrected chi connectivity index (χ0v) is 14.1. The molecule has 2 aromatic rings. The maximum atomic E-state index is 12.5. The smallest absolute Gasteiger partial charge is 0.230 e. The molecule has 2 N–H and O–H groups in total. The van der Waals surface area contributed by atoms with Crippen molar-refractivity contribution in [3.63, 3.8) is 0 Å². The van der Waals surface area contributed by atoms with Gasteiger partial charge >= 0.3 is 0 Å². The lowest BCUT2D eigenvalue weighted by Crippen LogP contribution is -2.16. The van der Waals surface area contributed by atoms with Crippen LogP contribution in [-0.4, -0.2) is 15.9 Å². The molecule has 116 valence electrons. The van der Waals surface area contributed by atoms with Gasteiger partial charge in [0.25, 0.3) is 0 Å².